The Morgan fingerprint density at radius 2 is 1.89 bits per heavy atom. The number of ether oxygens (including phenoxy) is 2. The number of hydrogen-bond acceptors (Lipinski definition) is 3. The number of methoxy groups -OCH3 is 1. The van der Waals surface area contributed by atoms with E-state index in [0.29, 0.717) is 13.2 Å². The van der Waals surface area contributed by atoms with E-state index in [1.54, 1.807) is 7.11 Å². The molecular formula is C14H25NO3. The third kappa shape index (κ3) is 11.2. The van der Waals surface area contributed by atoms with E-state index in [1.807, 2.05) is 6.08 Å². The standard InChI is InChI=1S/C14H25NO3/c1-12(2)6-5-7-13(3)8-9-15-14(16)18-11-10-17-4/h6,8H,5,7,9-11H2,1-4H3,(H,15,16)/b13-8+. The van der Waals surface area contributed by atoms with Gasteiger partial charge >= 0.3 is 6.09 Å². The molecule has 1 amide bonds. The van der Waals surface area contributed by atoms with E-state index in [9.17, 15) is 4.79 Å². The summed E-state index contributed by atoms with van der Waals surface area (Å²) in [4.78, 5) is 11.2. The summed E-state index contributed by atoms with van der Waals surface area (Å²) < 4.78 is 9.64. The maximum Gasteiger partial charge on any atom is 0.407 e. The second-order valence-electron chi connectivity index (χ2n) is 4.38. The van der Waals surface area contributed by atoms with Gasteiger partial charge in [-0.1, -0.05) is 23.3 Å². The van der Waals surface area contributed by atoms with Gasteiger partial charge in [-0.15, -0.1) is 0 Å². The van der Waals surface area contributed by atoms with E-state index >= 15 is 0 Å². The van der Waals surface area contributed by atoms with Gasteiger partial charge < -0.3 is 14.8 Å². The molecule has 0 aromatic carbocycles. The van der Waals surface area contributed by atoms with Gasteiger partial charge in [0.2, 0.25) is 0 Å². The third-order valence-corrected chi connectivity index (χ3v) is 2.31. The molecule has 0 aliphatic heterocycles. The molecule has 0 aromatic rings. The first-order chi connectivity index (χ1) is 8.56. The average molecular weight is 255 g/mol. The van der Waals surface area contributed by atoms with E-state index in [2.05, 4.69) is 32.2 Å². The van der Waals surface area contributed by atoms with Crippen LogP contribution in [0, 0.1) is 0 Å². The lowest BCUT2D eigenvalue weighted by Crippen LogP contribution is -2.25. The quantitative estimate of drug-likeness (QED) is 0.535. The zero-order chi connectivity index (χ0) is 13.8. The Kier molecular flexibility index (Phi) is 10.1. The van der Waals surface area contributed by atoms with Gasteiger partial charge in [-0.05, 0) is 33.6 Å². The number of carbonyl (C=O) groups is 1. The Balaban J connectivity index is 3.66. The van der Waals surface area contributed by atoms with Gasteiger partial charge in [-0.2, -0.15) is 0 Å². The van der Waals surface area contributed by atoms with Crippen molar-refractivity contribution in [2.45, 2.75) is 33.6 Å². The first-order valence-corrected chi connectivity index (χ1v) is 6.24. The van der Waals surface area contributed by atoms with E-state index < -0.39 is 6.09 Å². The molecule has 0 aliphatic carbocycles. The van der Waals surface area contributed by atoms with Crippen LogP contribution >= 0.6 is 0 Å². The van der Waals surface area contributed by atoms with Gasteiger partial charge in [-0.3, -0.25) is 0 Å². The summed E-state index contributed by atoms with van der Waals surface area (Å²) in [5.74, 6) is 0. The summed E-state index contributed by atoms with van der Waals surface area (Å²) in [5, 5.41) is 2.66. The topological polar surface area (TPSA) is 47.6 Å². The van der Waals surface area contributed by atoms with E-state index in [1.165, 1.54) is 11.1 Å². The normalized spacial score (nSPS) is 11.0. The van der Waals surface area contributed by atoms with Crippen molar-refractivity contribution in [1.29, 1.82) is 0 Å². The Labute approximate surface area is 110 Å². The molecule has 104 valence electrons. The number of allylic oxidation sites excluding steroid dienone is 3. The van der Waals surface area contributed by atoms with Crippen LogP contribution in [0.15, 0.2) is 23.3 Å². The Morgan fingerprint density at radius 3 is 2.50 bits per heavy atom. The molecule has 0 aromatic heterocycles. The number of rotatable bonds is 8. The third-order valence-electron chi connectivity index (χ3n) is 2.31. The van der Waals surface area contributed by atoms with Crippen LogP contribution in [-0.4, -0.2) is 33.0 Å². The number of hydrogen-bond donors (Lipinski definition) is 1. The largest absolute Gasteiger partial charge is 0.447 e. The minimum Gasteiger partial charge on any atom is -0.447 e. The molecule has 0 spiro atoms. The minimum absolute atomic E-state index is 0.283. The molecule has 0 heterocycles. The number of amides is 1. The lowest BCUT2D eigenvalue weighted by molar-refractivity contribution is 0.0992. The van der Waals surface area contributed by atoms with Crippen molar-refractivity contribution in [3.8, 4) is 0 Å². The zero-order valence-electron chi connectivity index (χ0n) is 11.9. The van der Waals surface area contributed by atoms with E-state index in [0.717, 1.165) is 12.8 Å². The molecule has 0 saturated heterocycles. The number of alkyl carbamates (subject to hydrolysis) is 1. The monoisotopic (exact) mass is 255 g/mol. The van der Waals surface area contributed by atoms with Crippen molar-refractivity contribution in [2.24, 2.45) is 0 Å². The highest BCUT2D eigenvalue weighted by molar-refractivity contribution is 5.67. The molecular weight excluding hydrogens is 230 g/mol. The summed E-state index contributed by atoms with van der Waals surface area (Å²) in [5.41, 5.74) is 2.60. The van der Waals surface area contributed by atoms with E-state index in [4.69, 9.17) is 9.47 Å². The summed E-state index contributed by atoms with van der Waals surface area (Å²) in [7, 11) is 1.57. The smallest absolute Gasteiger partial charge is 0.407 e. The molecule has 0 atom stereocenters. The Morgan fingerprint density at radius 1 is 1.17 bits per heavy atom. The predicted molar refractivity (Wildman–Crippen MR) is 73.6 cm³/mol. The van der Waals surface area contributed by atoms with Crippen molar-refractivity contribution < 1.29 is 14.3 Å². The SMILES string of the molecule is COCCOC(=O)NC/C=C(\C)CCC=C(C)C. The van der Waals surface area contributed by atoms with Crippen LogP contribution in [-0.2, 0) is 9.47 Å². The maximum absolute atomic E-state index is 11.2. The van der Waals surface area contributed by atoms with Crippen LogP contribution in [0.2, 0.25) is 0 Å². The first kappa shape index (κ1) is 16.7. The van der Waals surface area contributed by atoms with Crippen LogP contribution in [0.25, 0.3) is 0 Å². The van der Waals surface area contributed by atoms with Crippen molar-refractivity contribution in [3.05, 3.63) is 23.3 Å². The molecule has 0 radical (unpaired) electrons. The average Bonchev–Trinajstić information content (AvgIpc) is 2.29. The summed E-state index contributed by atoms with van der Waals surface area (Å²) in [6, 6.07) is 0. The molecule has 18 heavy (non-hydrogen) atoms. The lowest BCUT2D eigenvalue weighted by atomic mass is 10.1. The fourth-order valence-corrected chi connectivity index (χ4v) is 1.27. The fourth-order valence-electron chi connectivity index (χ4n) is 1.27. The highest BCUT2D eigenvalue weighted by Gasteiger charge is 1.98. The summed E-state index contributed by atoms with van der Waals surface area (Å²) in [6.45, 7) is 7.47. The van der Waals surface area contributed by atoms with Crippen LogP contribution < -0.4 is 5.32 Å². The summed E-state index contributed by atoms with van der Waals surface area (Å²) in [6.07, 6.45) is 5.88. The van der Waals surface area contributed by atoms with Gasteiger partial charge in [0.15, 0.2) is 0 Å². The van der Waals surface area contributed by atoms with Gasteiger partial charge in [0.25, 0.3) is 0 Å². The summed E-state index contributed by atoms with van der Waals surface area (Å²) >= 11 is 0. The molecule has 4 heteroatoms. The second kappa shape index (κ2) is 10.8. The minimum atomic E-state index is -0.402. The van der Waals surface area contributed by atoms with Crippen molar-refractivity contribution in [3.63, 3.8) is 0 Å². The van der Waals surface area contributed by atoms with Gasteiger partial charge in [0.05, 0.1) is 6.61 Å². The van der Waals surface area contributed by atoms with Crippen molar-refractivity contribution >= 4 is 6.09 Å². The fraction of sp³-hybridized carbons (Fsp3) is 0.643. The van der Waals surface area contributed by atoms with Gasteiger partial charge in [0, 0.05) is 13.7 Å². The van der Waals surface area contributed by atoms with Crippen LogP contribution in [0.3, 0.4) is 0 Å². The predicted octanol–water partition coefficient (Wildman–Crippen LogP) is 3.05. The Hall–Kier alpha value is -1.29. The second-order valence-corrected chi connectivity index (χ2v) is 4.38. The molecule has 0 unspecified atom stereocenters. The first-order valence-electron chi connectivity index (χ1n) is 6.24. The van der Waals surface area contributed by atoms with E-state index in [-0.39, 0.29) is 6.61 Å². The maximum atomic E-state index is 11.2. The molecule has 0 aliphatic rings. The van der Waals surface area contributed by atoms with Gasteiger partial charge in [0.1, 0.15) is 6.61 Å². The van der Waals surface area contributed by atoms with Crippen molar-refractivity contribution in [1.82, 2.24) is 5.32 Å². The molecule has 0 fully saturated rings. The molecule has 4 nitrogen and oxygen atoms in total. The van der Waals surface area contributed by atoms with Crippen LogP contribution in [0.1, 0.15) is 33.6 Å². The number of carbonyl (C=O) groups excluding carboxylic acids is 1. The molecule has 0 bridgehead atoms. The molecule has 1 N–H and O–H groups in total. The highest BCUT2D eigenvalue weighted by Crippen LogP contribution is 2.05. The highest BCUT2D eigenvalue weighted by atomic mass is 16.6. The zero-order valence-corrected chi connectivity index (χ0v) is 11.9. The van der Waals surface area contributed by atoms with Gasteiger partial charge in [-0.25, -0.2) is 4.79 Å². The lowest BCUT2D eigenvalue weighted by Gasteiger charge is -2.05. The van der Waals surface area contributed by atoms with Crippen LogP contribution in [0.4, 0.5) is 4.79 Å². The number of nitrogens with one attached hydrogen (secondary N) is 1. The molecule has 0 rings (SSSR count). The molecule has 0 saturated carbocycles. The van der Waals surface area contributed by atoms with Crippen LogP contribution in [0.5, 0.6) is 0 Å². The van der Waals surface area contributed by atoms with Crippen molar-refractivity contribution in [2.75, 3.05) is 26.9 Å². The Bertz CT molecular complexity index is 291.